The third-order valence-electron chi connectivity index (χ3n) is 5.60. The van der Waals surface area contributed by atoms with Crippen molar-refractivity contribution in [2.45, 2.75) is 30.9 Å². The Kier molecular flexibility index (Phi) is 4.54. The predicted molar refractivity (Wildman–Crippen MR) is 111 cm³/mol. The van der Waals surface area contributed by atoms with Crippen LogP contribution in [-0.4, -0.2) is 62.9 Å². The van der Waals surface area contributed by atoms with Gasteiger partial charge in [-0.2, -0.15) is 21.4 Å². The van der Waals surface area contributed by atoms with Gasteiger partial charge in [0.25, 0.3) is 0 Å². The summed E-state index contributed by atoms with van der Waals surface area (Å²) in [5.41, 5.74) is 3.34. The molecule has 3 aromatic heterocycles. The zero-order valence-electron chi connectivity index (χ0n) is 16.2. The summed E-state index contributed by atoms with van der Waals surface area (Å²) < 4.78 is 1.91. The fraction of sp³-hybridized carbons (Fsp3) is 0.526. The van der Waals surface area contributed by atoms with E-state index in [1.807, 2.05) is 47.4 Å². The number of hydrogen-bond donors (Lipinski definition) is 0. The van der Waals surface area contributed by atoms with Gasteiger partial charge >= 0.3 is 0 Å². The average Bonchev–Trinajstić information content (AvgIpc) is 3.17. The lowest BCUT2D eigenvalue weighted by atomic mass is 9.96. The van der Waals surface area contributed by atoms with E-state index in [4.69, 9.17) is 5.10 Å². The molecule has 0 aromatic carbocycles. The number of fused-ring (bicyclic) bond motifs is 2. The van der Waals surface area contributed by atoms with Crippen LogP contribution in [0.25, 0.3) is 5.65 Å². The van der Waals surface area contributed by atoms with E-state index >= 15 is 0 Å². The van der Waals surface area contributed by atoms with E-state index in [9.17, 15) is 0 Å². The van der Waals surface area contributed by atoms with Gasteiger partial charge in [-0.1, -0.05) is 0 Å². The standard InChI is InChI=1S/C19H24N8S/c1-25(2)17-4-3-16-21-23-19(27(16)24-17)13-5-8-26(9-6-13)18-11-14-12-28-10-7-15(14)20-22-18/h3-4,11,13H,5-10,12H2,1-2H3. The quantitative estimate of drug-likeness (QED) is 0.667. The van der Waals surface area contributed by atoms with E-state index in [-0.39, 0.29) is 0 Å². The topological polar surface area (TPSA) is 75.3 Å². The maximum absolute atomic E-state index is 4.71. The van der Waals surface area contributed by atoms with E-state index in [1.54, 1.807) is 0 Å². The largest absolute Gasteiger partial charge is 0.361 e. The van der Waals surface area contributed by atoms with Crippen LogP contribution >= 0.6 is 11.8 Å². The lowest BCUT2D eigenvalue weighted by Gasteiger charge is -2.32. The van der Waals surface area contributed by atoms with Gasteiger partial charge in [-0.05, 0) is 42.4 Å². The molecular weight excluding hydrogens is 372 g/mol. The van der Waals surface area contributed by atoms with Crippen molar-refractivity contribution in [2.75, 3.05) is 42.7 Å². The fourth-order valence-corrected chi connectivity index (χ4v) is 4.89. The first kappa shape index (κ1) is 17.7. The second kappa shape index (κ2) is 7.20. The highest BCUT2D eigenvalue weighted by Crippen LogP contribution is 2.31. The molecule has 9 heteroatoms. The molecule has 0 unspecified atom stereocenters. The van der Waals surface area contributed by atoms with Crippen molar-refractivity contribution < 1.29 is 0 Å². The van der Waals surface area contributed by atoms with Crippen LogP contribution in [0.1, 0.15) is 35.8 Å². The van der Waals surface area contributed by atoms with Crippen molar-refractivity contribution in [3.05, 3.63) is 35.3 Å². The second-order valence-electron chi connectivity index (χ2n) is 7.65. The summed E-state index contributed by atoms with van der Waals surface area (Å²) in [6, 6.07) is 6.20. The van der Waals surface area contributed by atoms with Crippen molar-refractivity contribution in [1.29, 1.82) is 0 Å². The second-order valence-corrected chi connectivity index (χ2v) is 8.76. The van der Waals surface area contributed by atoms with Gasteiger partial charge in [0, 0.05) is 45.3 Å². The summed E-state index contributed by atoms with van der Waals surface area (Å²) >= 11 is 1.98. The number of rotatable bonds is 3. The van der Waals surface area contributed by atoms with Crippen LogP contribution in [0.4, 0.5) is 11.6 Å². The maximum atomic E-state index is 4.71. The number of aryl methyl sites for hydroxylation is 1. The maximum Gasteiger partial charge on any atom is 0.178 e. The van der Waals surface area contributed by atoms with Crippen LogP contribution in [0.15, 0.2) is 18.2 Å². The summed E-state index contributed by atoms with van der Waals surface area (Å²) in [6.45, 7) is 1.90. The lowest BCUT2D eigenvalue weighted by molar-refractivity contribution is 0.474. The molecule has 0 radical (unpaired) electrons. The van der Waals surface area contributed by atoms with Gasteiger partial charge in [-0.25, -0.2) is 0 Å². The summed E-state index contributed by atoms with van der Waals surface area (Å²) in [6.07, 6.45) is 3.07. The molecule has 8 nitrogen and oxygen atoms in total. The van der Waals surface area contributed by atoms with Crippen LogP contribution < -0.4 is 9.80 Å². The number of nitrogens with zero attached hydrogens (tertiary/aromatic N) is 8. The third-order valence-corrected chi connectivity index (χ3v) is 6.61. The minimum absolute atomic E-state index is 0.359. The molecule has 5 rings (SSSR count). The van der Waals surface area contributed by atoms with E-state index in [2.05, 4.69) is 31.4 Å². The SMILES string of the molecule is CN(C)c1ccc2nnc(C3CCN(c4cc5c(nn4)CCSC5)CC3)n2n1. The van der Waals surface area contributed by atoms with E-state index in [0.717, 1.165) is 67.0 Å². The Bertz CT molecular complexity index is 993. The molecule has 0 N–H and O–H groups in total. The smallest absolute Gasteiger partial charge is 0.178 e. The normalized spacial score (nSPS) is 17.7. The molecule has 0 saturated carbocycles. The molecule has 0 atom stereocenters. The highest BCUT2D eigenvalue weighted by molar-refractivity contribution is 7.98. The first-order chi connectivity index (χ1) is 13.7. The van der Waals surface area contributed by atoms with Gasteiger partial charge in [0.05, 0.1) is 5.69 Å². The van der Waals surface area contributed by atoms with Crippen molar-refractivity contribution in [1.82, 2.24) is 30.0 Å². The molecule has 0 spiro atoms. The minimum atomic E-state index is 0.359. The van der Waals surface area contributed by atoms with Crippen molar-refractivity contribution >= 4 is 29.0 Å². The lowest BCUT2D eigenvalue weighted by Crippen LogP contribution is -2.34. The summed E-state index contributed by atoms with van der Waals surface area (Å²) in [7, 11) is 3.99. The Hall–Kier alpha value is -2.42. The Balaban J connectivity index is 1.33. The van der Waals surface area contributed by atoms with Gasteiger partial charge in [0.2, 0.25) is 0 Å². The monoisotopic (exact) mass is 396 g/mol. The zero-order valence-corrected chi connectivity index (χ0v) is 17.1. The summed E-state index contributed by atoms with van der Waals surface area (Å²) in [5.74, 6) is 5.46. The first-order valence-corrected chi connectivity index (χ1v) is 10.9. The van der Waals surface area contributed by atoms with Gasteiger partial charge in [-0.15, -0.1) is 20.4 Å². The van der Waals surface area contributed by atoms with Crippen molar-refractivity contribution in [3.63, 3.8) is 0 Å². The number of thioether (sulfide) groups is 1. The van der Waals surface area contributed by atoms with Crippen LogP contribution in [0.5, 0.6) is 0 Å². The number of hydrogen-bond acceptors (Lipinski definition) is 8. The molecule has 0 amide bonds. The van der Waals surface area contributed by atoms with Gasteiger partial charge in [0.1, 0.15) is 5.82 Å². The van der Waals surface area contributed by atoms with Crippen LogP contribution in [0.2, 0.25) is 0 Å². The molecule has 0 aliphatic carbocycles. The molecule has 28 heavy (non-hydrogen) atoms. The Morgan fingerprint density at radius 2 is 1.93 bits per heavy atom. The van der Waals surface area contributed by atoms with Crippen molar-refractivity contribution in [3.8, 4) is 0 Å². The van der Waals surface area contributed by atoms with E-state index < -0.39 is 0 Å². The molecule has 3 aromatic rings. The predicted octanol–water partition coefficient (Wildman–Crippen LogP) is 2.15. The highest BCUT2D eigenvalue weighted by atomic mass is 32.2. The zero-order chi connectivity index (χ0) is 19.1. The van der Waals surface area contributed by atoms with Gasteiger partial charge < -0.3 is 9.80 Å². The number of piperidine rings is 1. The van der Waals surface area contributed by atoms with Crippen LogP contribution in [0, 0.1) is 0 Å². The number of aromatic nitrogens is 6. The molecule has 1 fully saturated rings. The first-order valence-electron chi connectivity index (χ1n) is 9.77. The van der Waals surface area contributed by atoms with Crippen molar-refractivity contribution in [2.24, 2.45) is 0 Å². The van der Waals surface area contributed by atoms with Gasteiger partial charge in [-0.3, -0.25) is 0 Å². The Morgan fingerprint density at radius 3 is 2.75 bits per heavy atom. The van der Waals surface area contributed by atoms with Gasteiger partial charge in [0.15, 0.2) is 17.3 Å². The molecule has 1 saturated heterocycles. The Morgan fingerprint density at radius 1 is 1.07 bits per heavy atom. The number of anilines is 2. The van der Waals surface area contributed by atoms with E-state index in [1.165, 1.54) is 11.3 Å². The third kappa shape index (κ3) is 3.17. The Labute approximate surface area is 168 Å². The molecule has 0 bridgehead atoms. The van der Waals surface area contributed by atoms with Crippen LogP contribution in [-0.2, 0) is 12.2 Å². The molecule has 146 valence electrons. The highest BCUT2D eigenvalue weighted by Gasteiger charge is 2.26. The average molecular weight is 397 g/mol. The summed E-state index contributed by atoms with van der Waals surface area (Å²) in [5, 5.41) is 22.5. The molecule has 2 aliphatic rings. The molecule has 5 heterocycles. The van der Waals surface area contributed by atoms with E-state index in [0.29, 0.717) is 5.92 Å². The molecular formula is C19H24N8S. The van der Waals surface area contributed by atoms with Crippen LogP contribution in [0.3, 0.4) is 0 Å². The molecule has 2 aliphatic heterocycles. The summed E-state index contributed by atoms with van der Waals surface area (Å²) in [4.78, 5) is 4.35. The fourth-order valence-electron chi connectivity index (χ4n) is 3.94. The minimum Gasteiger partial charge on any atom is -0.361 e.